The number of benzene rings is 1. The Balaban J connectivity index is 0.00000144. The molecule has 0 aliphatic rings. The molecule has 1 aromatic rings. The van der Waals surface area contributed by atoms with Crippen molar-refractivity contribution in [2.45, 2.75) is 4.90 Å². The van der Waals surface area contributed by atoms with Gasteiger partial charge in [0.2, 0.25) is 0 Å². The van der Waals surface area contributed by atoms with Crippen LogP contribution in [0, 0.1) is 0 Å². The van der Waals surface area contributed by atoms with E-state index in [9.17, 15) is 8.42 Å². The Morgan fingerprint density at radius 1 is 1.23 bits per heavy atom. The summed E-state index contributed by atoms with van der Waals surface area (Å²) in [7, 11) is -3.48. The zero-order chi connectivity index (χ0) is 9.19. The van der Waals surface area contributed by atoms with Crippen LogP contribution >= 0.6 is 0 Å². The molecule has 0 aromatic heterocycles. The summed E-state index contributed by atoms with van der Waals surface area (Å²) in [6.07, 6.45) is 1.64. The third-order valence-corrected chi connectivity index (χ3v) is 2.83. The first-order valence-electron chi connectivity index (χ1n) is 3.22. The van der Waals surface area contributed by atoms with E-state index in [0.29, 0.717) is 0 Å². The third kappa shape index (κ3) is 3.87. The number of hydrogen-bond donors (Lipinski definition) is 0. The SMILES string of the molecule is C=Cc1ccc(S(=O)(=O)[S-])cc1.[Na+]. The largest absolute Gasteiger partial charge is 1.00 e. The van der Waals surface area contributed by atoms with E-state index in [1.54, 1.807) is 18.2 Å². The standard InChI is InChI=1S/C8H8O2S2.Na/c1-2-7-3-5-8(6-4-7)12(9,10)11;/h2-6H,1H2,(H,9,10,11);/q;+1/p-1. The van der Waals surface area contributed by atoms with Gasteiger partial charge >= 0.3 is 29.6 Å². The Morgan fingerprint density at radius 2 is 1.69 bits per heavy atom. The van der Waals surface area contributed by atoms with Crippen LogP contribution in [-0.4, -0.2) is 8.42 Å². The Labute approximate surface area is 105 Å². The van der Waals surface area contributed by atoms with Crippen LogP contribution in [0.1, 0.15) is 5.56 Å². The van der Waals surface area contributed by atoms with Gasteiger partial charge in [-0.05, 0) is 17.7 Å². The number of rotatable bonds is 2. The fraction of sp³-hybridized carbons (Fsp3) is 0. The molecule has 2 nitrogen and oxygen atoms in total. The molecule has 13 heavy (non-hydrogen) atoms. The van der Waals surface area contributed by atoms with Crippen molar-refractivity contribution in [2.24, 2.45) is 0 Å². The van der Waals surface area contributed by atoms with Crippen LogP contribution in [0.25, 0.3) is 6.08 Å². The molecular formula is C8H7NaO2S2. The van der Waals surface area contributed by atoms with Crippen LogP contribution < -0.4 is 29.6 Å². The maximum atomic E-state index is 10.8. The van der Waals surface area contributed by atoms with Gasteiger partial charge in [-0.2, -0.15) is 0 Å². The maximum Gasteiger partial charge on any atom is 1.00 e. The minimum atomic E-state index is -3.48. The van der Waals surface area contributed by atoms with E-state index < -0.39 is 8.87 Å². The van der Waals surface area contributed by atoms with Crippen molar-refractivity contribution in [3.05, 3.63) is 36.4 Å². The molecule has 64 valence electrons. The molecule has 0 spiro atoms. The minimum absolute atomic E-state index is 0. The van der Waals surface area contributed by atoms with Crippen molar-refractivity contribution >= 4 is 26.6 Å². The summed E-state index contributed by atoms with van der Waals surface area (Å²) in [4.78, 5) is 0.156. The molecule has 0 N–H and O–H groups in total. The molecule has 1 rings (SSSR count). The third-order valence-electron chi connectivity index (χ3n) is 1.40. The van der Waals surface area contributed by atoms with Crippen molar-refractivity contribution < 1.29 is 38.0 Å². The topological polar surface area (TPSA) is 34.1 Å². The van der Waals surface area contributed by atoms with Gasteiger partial charge in [0.05, 0.1) is 8.87 Å². The molecular weight excluding hydrogens is 215 g/mol. The van der Waals surface area contributed by atoms with Crippen LogP contribution in [0.2, 0.25) is 0 Å². The molecule has 1 aromatic carbocycles. The predicted molar refractivity (Wildman–Crippen MR) is 51.1 cm³/mol. The van der Waals surface area contributed by atoms with Crippen molar-refractivity contribution in [3.63, 3.8) is 0 Å². The number of hydrogen-bond acceptors (Lipinski definition) is 3. The van der Waals surface area contributed by atoms with Crippen LogP contribution in [0.15, 0.2) is 35.7 Å². The molecule has 0 atom stereocenters. The van der Waals surface area contributed by atoms with Crippen LogP contribution in [-0.2, 0) is 20.5 Å². The molecule has 0 bridgehead atoms. The molecule has 0 fully saturated rings. The van der Waals surface area contributed by atoms with Gasteiger partial charge < -0.3 is 11.7 Å². The van der Waals surface area contributed by atoms with Crippen LogP contribution in [0.4, 0.5) is 0 Å². The average Bonchev–Trinajstić information content (AvgIpc) is 2.03. The quantitative estimate of drug-likeness (QED) is 0.349. The summed E-state index contributed by atoms with van der Waals surface area (Å²) < 4.78 is 21.6. The Hall–Kier alpha value is 0.260. The van der Waals surface area contributed by atoms with E-state index >= 15 is 0 Å². The van der Waals surface area contributed by atoms with E-state index in [4.69, 9.17) is 0 Å². The molecule has 0 aliphatic carbocycles. The normalized spacial score (nSPS) is 10.2. The summed E-state index contributed by atoms with van der Waals surface area (Å²) in [5.41, 5.74) is 0.873. The monoisotopic (exact) mass is 222 g/mol. The summed E-state index contributed by atoms with van der Waals surface area (Å²) in [6.45, 7) is 3.55. The zero-order valence-corrected chi connectivity index (χ0v) is 10.9. The van der Waals surface area contributed by atoms with Gasteiger partial charge in [0.1, 0.15) is 0 Å². The van der Waals surface area contributed by atoms with Gasteiger partial charge in [-0.1, -0.05) is 24.8 Å². The Kier molecular flexibility index (Phi) is 5.32. The molecule has 0 saturated heterocycles. The fourth-order valence-electron chi connectivity index (χ4n) is 0.771. The van der Waals surface area contributed by atoms with Crippen molar-refractivity contribution in [2.75, 3.05) is 0 Å². The summed E-state index contributed by atoms with van der Waals surface area (Å²) in [6, 6.07) is 6.26. The first-order valence-corrected chi connectivity index (χ1v) is 5.63. The smallest absolute Gasteiger partial charge is 0.644 e. The zero-order valence-electron chi connectivity index (χ0n) is 7.23. The first kappa shape index (κ1) is 13.3. The van der Waals surface area contributed by atoms with E-state index in [1.165, 1.54) is 12.1 Å². The molecule has 0 radical (unpaired) electrons. The molecule has 0 amide bonds. The van der Waals surface area contributed by atoms with Crippen molar-refractivity contribution in [1.29, 1.82) is 0 Å². The minimum Gasteiger partial charge on any atom is -0.644 e. The molecule has 5 heteroatoms. The Bertz CT molecular complexity index is 381. The van der Waals surface area contributed by atoms with E-state index in [0.717, 1.165) is 5.56 Å². The Morgan fingerprint density at radius 3 is 2.00 bits per heavy atom. The average molecular weight is 222 g/mol. The van der Waals surface area contributed by atoms with Gasteiger partial charge in [0.15, 0.2) is 0 Å². The van der Waals surface area contributed by atoms with Crippen LogP contribution in [0.5, 0.6) is 0 Å². The van der Waals surface area contributed by atoms with E-state index in [1.807, 2.05) is 0 Å². The van der Waals surface area contributed by atoms with Gasteiger partial charge in [0.25, 0.3) is 0 Å². The van der Waals surface area contributed by atoms with Gasteiger partial charge in [-0.25, -0.2) is 8.42 Å². The molecule has 0 aliphatic heterocycles. The summed E-state index contributed by atoms with van der Waals surface area (Å²) in [5.74, 6) is 0. The van der Waals surface area contributed by atoms with Crippen molar-refractivity contribution in [1.82, 2.24) is 0 Å². The first-order chi connectivity index (χ1) is 5.54. The second-order valence-electron chi connectivity index (χ2n) is 2.23. The van der Waals surface area contributed by atoms with Crippen molar-refractivity contribution in [3.8, 4) is 0 Å². The van der Waals surface area contributed by atoms with Gasteiger partial charge in [-0.3, -0.25) is 0 Å². The van der Waals surface area contributed by atoms with Gasteiger partial charge in [0, 0.05) is 4.90 Å². The van der Waals surface area contributed by atoms with E-state index in [2.05, 4.69) is 18.2 Å². The molecule has 0 heterocycles. The maximum absolute atomic E-state index is 10.8. The van der Waals surface area contributed by atoms with E-state index in [-0.39, 0.29) is 34.5 Å². The summed E-state index contributed by atoms with van der Waals surface area (Å²) >= 11 is 4.28. The second kappa shape index (κ2) is 5.22. The van der Waals surface area contributed by atoms with Gasteiger partial charge in [-0.15, -0.1) is 0 Å². The second-order valence-corrected chi connectivity index (χ2v) is 4.92. The fourth-order valence-corrected chi connectivity index (χ4v) is 1.57. The molecule has 0 saturated carbocycles. The van der Waals surface area contributed by atoms with Crippen LogP contribution in [0.3, 0.4) is 0 Å². The summed E-state index contributed by atoms with van der Waals surface area (Å²) in [5, 5.41) is 0. The molecule has 0 unspecified atom stereocenters. The predicted octanol–water partition coefficient (Wildman–Crippen LogP) is -1.43.